The largest absolute Gasteiger partial charge is 0.479 e. The molecule has 0 aromatic carbocycles. The minimum Gasteiger partial charge on any atom is -0.479 e. The predicted molar refractivity (Wildman–Crippen MR) is 321 cm³/mol. The van der Waals surface area contributed by atoms with Crippen molar-refractivity contribution < 1.29 is 58.2 Å². The van der Waals surface area contributed by atoms with Crippen LogP contribution >= 0.6 is 0 Å². The number of esters is 3. The first-order valence-electron chi connectivity index (χ1n) is 31.6. The highest BCUT2D eigenvalue weighted by atomic mass is 16.7. The van der Waals surface area contributed by atoms with Crippen LogP contribution in [0.25, 0.3) is 0 Å². The molecule has 1 aliphatic heterocycles. The van der Waals surface area contributed by atoms with Crippen LogP contribution in [0.15, 0.2) is 85.1 Å². The lowest BCUT2D eigenvalue weighted by Gasteiger charge is -2.40. The third kappa shape index (κ3) is 44.3. The summed E-state index contributed by atoms with van der Waals surface area (Å²) in [5.74, 6) is -3.15. The second kappa shape index (κ2) is 54.5. The minimum atomic E-state index is -1.91. The van der Waals surface area contributed by atoms with Gasteiger partial charge in [-0.2, -0.15) is 0 Å². The highest BCUT2D eigenvalue weighted by molar-refractivity contribution is 5.74. The number of aliphatic carboxylic acids is 1. The average Bonchev–Trinajstić information content (AvgIpc) is 3.46. The summed E-state index contributed by atoms with van der Waals surface area (Å²) in [4.78, 5) is 51.3. The van der Waals surface area contributed by atoms with E-state index in [4.69, 9.17) is 23.7 Å². The first-order valence-corrected chi connectivity index (χ1v) is 31.6. The molecule has 1 aliphatic rings. The van der Waals surface area contributed by atoms with E-state index < -0.39 is 67.3 Å². The summed E-state index contributed by atoms with van der Waals surface area (Å²) >= 11 is 0. The molecule has 79 heavy (non-hydrogen) atoms. The van der Waals surface area contributed by atoms with Crippen molar-refractivity contribution in [3.05, 3.63) is 85.1 Å². The van der Waals surface area contributed by atoms with Crippen LogP contribution in [-0.2, 0) is 42.9 Å². The van der Waals surface area contributed by atoms with Crippen LogP contribution in [0, 0.1) is 0 Å². The van der Waals surface area contributed by atoms with Crippen LogP contribution in [0.4, 0.5) is 0 Å². The van der Waals surface area contributed by atoms with Gasteiger partial charge in [-0.1, -0.05) is 241 Å². The Morgan fingerprint density at radius 1 is 0.430 bits per heavy atom. The third-order valence-corrected chi connectivity index (χ3v) is 14.0. The maximum Gasteiger partial charge on any atom is 0.335 e. The molecule has 0 amide bonds. The summed E-state index contributed by atoms with van der Waals surface area (Å²) in [6.45, 7) is 5.76. The zero-order valence-corrected chi connectivity index (χ0v) is 49.8. The van der Waals surface area contributed by atoms with Gasteiger partial charge in [-0.15, -0.1) is 0 Å². The minimum absolute atomic E-state index is 0.0576. The normalized spacial score (nSPS) is 18.4. The van der Waals surface area contributed by atoms with Gasteiger partial charge in [-0.05, 0) is 89.9 Å². The van der Waals surface area contributed by atoms with Crippen molar-refractivity contribution in [2.75, 3.05) is 13.2 Å². The Hall–Kier alpha value is -4.10. The lowest BCUT2D eigenvalue weighted by Crippen LogP contribution is -2.61. The number of rotatable bonds is 53. The first-order chi connectivity index (χ1) is 38.6. The Balaban J connectivity index is 2.68. The standard InChI is InChI=1S/C67H112O12/c1-4-7-10-13-16-19-22-25-28-29-30-31-34-35-38-41-44-47-50-53-59(68)75-56-58(77-60(69)54-51-48-45-42-39-36-32-26-23-20-17-14-11-8-5-2)57-76-67-65(63(72)62(71)64(79-67)66(73)74)78-61(70)55-52-49-46-43-40-37-33-27-24-21-18-15-12-9-6-3/h7-8,10-11,16-17,19-20,25-26,28,30-32,58,62-65,67,71-72H,4-6,9,12-15,18,21-24,27,29,33-57H2,1-3H3,(H,73,74)/b10-7-,11-8-,19-16-,20-17-,28-25-,31-30-,32-26-. The smallest absolute Gasteiger partial charge is 0.335 e. The first kappa shape index (κ1) is 72.9. The molecule has 0 aliphatic carbocycles. The van der Waals surface area contributed by atoms with E-state index in [2.05, 4.69) is 106 Å². The Morgan fingerprint density at radius 3 is 1.22 bits per heavy atom. The SMILES string of the molecule is CC/C=C\C/C=C\C/C=C\C/C=C\CCCCCCCCC(=O)OCC(COC1OC(C(=O)O)C(O)C(O)C1OC(=O)CCCCCCCCCCCCCCCCC)OC(=O)CCCCCCC/C=C\C/C=C\C/C=C\CC. The molecular weight excluding hydrogens is 997 g/mol. The summed E-state index contributed by atoms with van der Waals surface area (Å²) in [5.41, 5.74) is 0. The average molecular weight is 1110 g/mol. The predicted octanol–water partition coefficient (Wildman–Crippen LogP) is 16.7. The molecule has 452 valence electrons. The van der Waals surface area contributed by atoms with Crippen LogP contribution in [0.3, 0.4) is 0 Å². The highest BCUT2D eigenvalue weighted by Gasteiger charge is 2.50. The van der Waals surface area contributed by atoms with E-state index in [0.717, 1.165) is 141 Å². The van der Waals surface area contributed by atoms with Gasteiger partial charge in [0.15, 0.2) is 24.6 Å². The molecule has 0 saturated carbocycles. The summed E-state index contributed by atoms with van der Waals surface area (Å²) in [6, 6.07) is 0. The number of allylic oxidation sites excluding steroid dienone is 14. The second-order valence-electron chi connectivity index (χ2n) is 21.3. The number of aliphatic hydroxyl groups is 2. The number of hydrogen-bond donors (Lipinski definition) is 3. The Morgan fingerprint density at radius 2 is 0.797 bits per heavy atom. The molecule has 12 heteroatoms. The van der Waals surface area contributed by atoms with E-state index in [1.807, 2.05) is 0 Å². The van der Waals surface area contributed by atoms with Crippen molar-refractivity contribution >= 4 is 23.9 Å². The molecule has 0 radical (unpaired) electrons. The quantitative estimate of drug-likeness (QED) is 0.0228. The molecule has 0 bridgehead atoms. The zero-order chi connectivity index (χ0) is 57.5. The molecule has 1 rings (SSSR count). The van der Waals surface area contributed by atoms with Gasteiger partial charge >= 0.3 is 23.9 Å². The maximum atomic E-state index is 13.2. The zero-order valence-electron chi connectivity index (χ0n) is 49.8. The van der Waals surface area contributed by atoms with Crippen molar-refractivity contribution in [3.8, 4) is 0 Å². The van der Waals surface area contributed by atoms with E-state index in [9.17, 15) is 34.5 Å². The maximum absolute atomic E-state index is 13.2. The fourth-order valence-corrected chi connectivity index (χ4v) is 9.20. The Kier molecular flexibility index (Phi) is 50.3. The van der Waals surface area contributed by atoms with Gasteiger partial charge in [0.05, 0.1) is 6.61 Å². The molecule has 6 atom stereocenters. The topological polar surface area (TPSA) is 175 Å². The summed E-state index contributed by atoms with van der Waals surface area (Å²) in [6.07, 6.45) is 58.3. The van der Waals surface area contributed by atoms with E-state index in [1.165, 1.54) is 64.2 Å². The second-order valence-corrected chi connectivity index (χ2v) is 21.3. The number of carbonyl (C=O) groups excluding carboxylic acids is 3. The Labute approximate surface area is 480 Å². The molecule has 3 N–H and O–H groups in total. The molecule has 0 spiro atoms. The van der Waals surface area contributed by atoms with Crippen LogP contribution in [0.2, 0.25) is 0 Å². The summed E-state index contributed by atoms with van der Waals surface area (Å²) in [5, 5.41) is 31.6. The summed E-state index contributed by atoms with van der Waals surface area (Å²) in [7, 11) is 0. The van der Waals surface area contributed by atoms with Gasteiger partial charge in [-0.3, -0.25) is 14.4 Å². The van der Waals surface area contributed by atoms with Gasteiger partial charge in [0.2, 0.25) is 0 Å². The number of carboxylic acid groups (broad SMARTS) is 1. The molecular formula is C67H112O12. The van der Waals surface area contributed by atoms with Crippen molar-refractivity contribution in [1.29, 1.82) is 0 Å². The van der Waals surface area contributed by atoms with Crippen LogP contribution in [-0.4, -0.2) is 89.2 Å². The van der Waals surface area contributed by atoms with Crippen molar-refractivity contribution in [2.24, 2.45) is 0 Å². The van der Waals surface area contributed by atoms with Crippen LogP contribution < -0.4 is 0 Å². The number of aliphatic hydroxyl groups excluding tert-OH is 2. The van der Waals surface area contributed by atoms with Gasteiger partial charge in [0, 0.05) is 19.3 Å². The highest BCUT2D eigenvalue weighted by Crippen LogP contribution is 2.27. The number of ether oxygens (including phenoxy) is 5. The van der Waals surface area contributed by atoms with E-state index in [1.54, 1.807) is 0 Å². The monoisotopic (exact) mass is 1110 g/mol. The van der Waals surface area contributed by atoms with E-state index in [-0.39, 0.29) is 25.9 Å². The number of unbranched alkanes of at least 4 members (excludes halogenated alkanes) is 25. The molecule has 0 aromatic heterocycles. The summed E-state index contributed by atoms with van der Waals surface area (Å²) < 4.78 is 28.5. The Bertz CT molecular complexity index is 1700. The van der Waals surface area contributed by atoms with Gasteiger partial charge in [0.25, 0.3) is 0 Å². The number of carbonyl (C=O) groups is 4. The van der Waals surface area contributed by atoms with E-state index >= 15 is 0 Å². The van der Waals surface area contributed by atoms with Crippen molar-refractivity contribution in [2.45, 2.75) is 302 Å². The van der Waals surface area contributed by atoms with Gasteiger partial charge in [-0.25, -0.2) is 4.79 Å². The molecule has 1 heterocycles. The van der Waals surface area contributed by atoms with E-state index in [0.29, 0.717) is 19.3 Å². The molecule has 1 fully saturated rings. The van der Waals surface area contributed by atoms with Crippen molar-refractivity contribution in [3.63, 3.8) is 0 Å². The van der Waals surface area contributed by atoms with Gasteiger partial charge < -0.3 is 39.0 Å². The fraction of sp³-hybridized carbons (Fsp3) is 0.731. The number of hydrogen-bond acceptors (Lipinski definition) is 11. The van der Waals surface area contributed by atoms with Crippen LogP contribution in [0.5, 0.6) is 0 Å². The number of carboxylic acids is 1. The van der Waals surface area contributed by atoms with Gasteiger partial charge in [0.1, 0.15) is 18.8 Å². The third-order valence-electron chi connectivity index (χ3n) is 14.0. The van der Waals surface area contributed by atoms with Crippen LogP contribution in [0.1, 0.15) is 265 Å². The molecule has 6 unspecified atom stereocenters. The lowest BCUT2D eigenvalue weighted by molar-refractivity contribution is -0.301. The molecule has 0 aromatic rings. The van der Waals surface area contributed by atoms with Crippen molar-refractivity contribution in [1.82, 2.24) is 0 Å². The molecule has 1 saturated heterocycles. The molecule has 12 nitrogen and oxygen atoms in total. The fourth-order valence-electron chi connectivity index (χ4n) is 9.20. The lowest BCUT2D eigenvalue weighted by atomic mass is 9.98.